The molecule has 1 aliphatic heterocycles. The zero-order valence-corrected chi connectivity index (χ0v) is 11.5. The molecule has 0 unspecified atom stereocenters. The van der Waals surface area contributed by atoms with Crippen LogP contribution >= 0.6 is 0 Å². The van der Waals surface area contributed by atoms with Crippen molar-refractivity contribution >= 4 is 5.95 Å². The van der Waals surface area contributed by atoms with Gasteiger partial charge in [0.2, 0.25) is 5.95 Å². The summed E-state index contributed by atoms with van der Waals surface area (Å²) in [5.41, 5.74) is 4.66. The first-order valence-corrected chi connectivity index (χ1v) is 6.83. The number of nitrogens with one attached hydrogen (secondary N) is 2. The molecule has 2 heterocycles. The van der Waals surface area contributed by atoms with Crippen molar-refractivity contribution in [1.82, 2.24) is 15.3 Å². The van der Waals surface area contributed by atoms with E-state index in [4.69, 9.17) is 4.98 Å². The van der Waals surface area contributed by atoms with Gasteiger partial charge in [0.25, 0.3) is 0 Å². The molecule has 0 radical (unpaired) electrons. The van der Waals surface area contributed by atoms with E-state index in [1.165, 1.54) is 11.1 Å². The van der Waals surface area contributed by atoms with Gasteiger partial charge in [-0.25, -0.2) is 4.98 Å². The predicted molar refractivity (Wildman–Crippen MR) is 78.6 cm³/mol. The van der Waals surface area contributed by atoms with Gasteiger partial charge in [-0.15, -0.1) is 0 Å². The normalized spacial score (nSPS) is 15.8. The highest BCUT2D eigenvalue weighted by Gasteiger charge is 2.16. The summed E-state index contributed by atoms with van der Waals surface area (Å²) in [5.74, 6) is 0.995. The molecular formula is C15H20N4. The van der Waals surface area contributed by atoms with E-state index >= 15 is 0 Å². The highest BCUT2D eigenvalue weighted by Crippen LogP contribution is 2.24. The van der Waals surface area contributed by atoms with Gasteiger partial charge in [-0.3, -0.25) is 0 Å². The Bertz CT molecular complexity index is 550. The van der Waals surface area contributed by atoms with Crippen LogP contribution < -0.4 is 10.2 Å². The summed E-state index contributed by atoms with van der Waals surface area (Å²) < 4.78 is 0. The number of aromatic nitrogens is 2. The summed E-state index contributed by atoms with van der Waals surface area (Å²) in [6.07, 6.45) is 0. The summed E-state index contributed by atoms with van der Waals surface area (Å²) in [6.45, 7) is 8.28. The first-order chi connectivity index (χ1) is 9.24. The van der Waals surface area contributed by atoms with E-state index in [2.05, 4.69) is 53.3 Å². The number of anilines is 1. The second-order valence-electron chi connectivity index (χ2n) is 5.14. The van der Waals surface area contributed by atoms with Crippen LogP contribution in [-0.2, 0) is 0 Å². The van der Waals surface area contributed by atoms with Crippen LogP contribution in [0.15, 0.2) is 24.3 Å². The van der Waals surface area contributed by atoms with Crippen LogP contribution in [0.25, 0.3) is 11.3 Å². The molecule has 2 aromatic rings. The van der Waals surface area contributed by atoms with Gasteiger partial charge in [0.05, 0.1) is 5.69 Å². The molecule has 0 saturated carbocycles. The highest BCUT2D eigenvalue weighted by atomic mass is 15.3. The van der Waals surface area contributed by atoms with Crippen molar-refractivity contribution in [3.63, 3.8) is 0 Å². The largest absolute Gasteiger partial charge is 0.340 e. The van der Waals surface area contributed by atoms with Gasteiger partial charge in [0, 0.05) is 37.4 Å². The van der Waals surface area contributed by atoms with Crippen LogP contribution in [0, 0.1) is 13.8 Å². The first-order valence-electron chi connectivity index (χ1n) is 6.83. The van der Waals surface area contributed by atoms with Gasteiger partial charge in [-0.1, -0.05) is 29.8 Å². The Kier molecular flexibility index (Phi) is 3.25. The fraction of sp³-hybridized carbons (Fsp3) is 0.400. The fourth-order valence-electron chi connectivity index (χ4n) is 2.46. The standard InChI is InChI=1S/C15H20N4/c1-11-3-5-13(6-4-11)14-12(2)17-15(18-14)19-9-7-16-8-10-19/h3-6,16H,7-10H2,1-2H3,(H,17,18). The molecule has 4 heteroatoms. The maximum absolute atomic E-state index is 4.78. The number of benzene rings is 1. The Hall–Kier alpha value is -1.81. The Morgan fingerprint density at radius 1 is 1.05 bits per heavy atom. The summed E-state index contributed by atoms with van der Waals surface area (Å²) in [5, 5.41) is 3.36. The summed E-state index contributed by atoms with van der Waals surface area (Å²) in [4.78, 5) is 10.5. The van der Waals surface area contributed by atoms with Crippen molar-refractivity contribution < 1.29 is 0 Å². The van der Waals surface area contributed by atoms with Gasteiger partial charge in [-0.2, -0.15) is 0 Å². The summed E-state index contributed by atoms with van der Waals surface area (Å²) in [7, 11) is 0. The molecule has 100 valence electrons. The summed E-state index contributed by atoms with van der Waals surface area (Å²) in [6, 6.07) is 8.54. The molecule has 0 spiro atoms. The van der Waals surface area contributed by atoms with Crippen LogP contribution in [0.1, 0.15) is 11.3 Å². The van der Waals surface area contributed by atoms with Gasteiger partial charge >= 0.3 is 0 Å². The maximum atomic E-state index is 4.78. The van der Waals surface area contributed by atoms with Crippen molar-refractivity contribution in [3.8, 4) is 11.3 Å². The van der Waals surface area contributed by atoms with Crippen LogP contribution in [0.5, 0.6) is 0 Å². The molecule has 3 rings (SSSR count). The number of hydrogen-bond acceptors (Lipinski definition) is 3. The molecule has 1 aromatic heterocycles. The first kappa shape index (κ1) is 12.2. The van der Waals surface area contributed by atoms with Crippen LogP contribution in [0.2, 0.25) is 0 Å². The van der Waals surface area contributed by atoms with Crippen LogP contribution in [0.4, 0.5) is 5.95 Å². The number of aryl methyl sites for hydroxylation is 2. The lowest BCUT2D eigenvalue weighted by Crippen LogP contribution is -2.44. The van der Waals surface area contributed by atoms with Crippen LogP contribution in [0.3, 0.4) is 0 Å². The van der Waals surface area contributed by atoms with Crippen LogP contribution in [-0.4, -0.2) is 36.1 Å². The lowest BCUT2D eigenvalue weighted by molar-refractivity contribution is 0.581. The second kappa shape index (κ2) is 5.05. The van der Waals surface area contributed by atoms with Crippen molar-refractivity contribution in [1.29, 1.82) is 0 Å². The smallest absolute Gasteiger partial charge is 0.203 e. The van der Waals surface area contributed by atoms with E-state index < -0.39 is 0 Å². The zero-order valence-electron chi connectivity index (χ0n) is 11.5. The van der Waals surface area contributed by atoms with E-state index in [-0.39, 0.29) is 0 Å². The zero-order chi connectivity index (χ0) is 13.2. The number of hydrogen-bond donors (Lipinski definition) is 2. The third-order valence-corrected chi connectivity index (χ3v) is 3.61. The average molecular weight is 256 g/mol. The van der Waals surface area contributed by atoms with E-state index in [0.717, 1.165) is 43.5 Å². The monoisotopic (exact) mass is 256 g/mol. The van der Waals surface area contributed by atoms with E-state index in [0.29, 0.717) is 0 Å². The van der Waals surface area contributed by atoms with Gasteiger partial charge < -0.3 is 15.2 Å². The second-order valence-corrected chi connectivity index (χ2v) is 5.14. The molecule has 0 atom stereocenters. The molecule has 1 fully saturated rings. The molecule has 0 amide bonds. The number of nitrogens with zero attached hydrogens (tertiary/aromatic N) is 2. The van der Waals surface area contributed by atoms with E-state index in [1.54, 1.807) is 0 Å². The molecule has 0 aliphatic carbocycles. The Balaban J connectivity index is 1.90. The average Bonchev–Trinajstić information content (AvgIpc) is 2.83. The molecule has 1 aromatic carbocycles. The molecule has 0 bridgehead atoms. The van der Waals surface area contributed by atoms with Crippen molar-refractivity contribution in [2.45, 2.75) is 13.8 Å². The van der Waals surface area contributed by atoms with E-state index in [9.17, 15) is 0 Å². The van der Waals surface area contributed by atoms with Crippen molar-refractivity contribution in [2.24, 2.45) is 0 Å². The van der Waals surface area contributed by atoms with Gasteiger partial charge in [-0.05, 0) is 13.8 Å². The maximum Gasteiger partial charge on any atom is 0.203 e. The molecule has 1 saturated heterocycles. The molecular weight excluding hydrogens is 236 g/mol. The summed E-state index contributed by atoms with van der Waals surface area (Å²) >= 11 is 0. The van der Waals surface area contributed by atoms with Crippen molar-refractivity contribution in [2.75, 3.05) is 31.1 Å². The molecule has 2 N–H and O–H groups in total. The Morgan fingerprint density at radius 2 is 1.74 bits per heavy atom. The Morgan fingerprint density at radius 3 is 2.42 bits per heavy atom. The van der Waals surface area contributed by atoms with Gasteiger partial charge in [0.15, 0.2) is 0 Å². The SMILES string of the molecule is Cc1ccc(-c2nc(N3CCNCC3)[nH]c2C)cc1. The quantitative estimate of drug-likeness (QED) is 0.865. The molecule has 1 aliphatic rings. The minimum Gasteiger partial charge on any atom is -0.340 e. The van der Waals surface area contributed by atoms with E-state index in [1.807, 2.05) is 0 Å². The number of piperazine rings is 1. The molecule has 19 heavy (non-hydrogen) atoms. The topological polar surface area (TPSA) is 44.0 Å². The Labute approximate surface area is 113 Å². The highest BCUT2D eigenvalue weighted by molar-refractivity contribution is 5.64. The minimum absolute atomic E-state index is 0.995. The third-order valence-electron chi connectivity index (χ3n) is 3.61. The number of aromatic amines is 1. The predicted octanol–water partition coefficient (Wildman–Crippen LogP) is 2.10. The number of imidazole rings is 1. The minimum atomic E-state index is 0.995. The van der Waals surface area contributed by atoms with Crippen molar-refractivity contribution in [3.05, 3.63) is 35.5 Å². The number of rotatable bonds is 2. The van der Waals surface area contributed by atoms with Gasteiger partial charge in [0.1, 0.15) is 0 Å². The third kappa shape index (κ3) is 2.49. The number of H-pyrrole nitrogens is 1. The molecule has 4 nitrogen and oxygen atoms in total. The lowest BCUT2D eigenvalue weighted by atomic mass is 10.1. The fourth-order valence-corrected chi connectivity index (χ4v) is 2.46. The lowest BCUT2D eigenvalue weighted by Gasteiger charge is -2.26.